The molecule has 0 bridgehead atoms. The number of benzene rings is 1. The molecule has 0 saturated carbocycles. The Kier molecular flexibility index (Phi) is 4.27. The summed E-state index contributed by atoms with van der Waals surface area (Å²) in [6, 6.07) is 7.08. The summed E-state index contributed by atoms with van der Waals surface area (Å²) in [6.07, 6.45) is 1.19. The van der Waals surface area contributed by atoms with Gasteiger partial charge in [-0.05, 0) is 34.7 Å². The number of carbonyl (C=O) groups excluding carboxylic acids is 1. The summed E-state index contributed by atoms with van der Waals surface area (Å²) in [5, 5.41) is 0. The molecule has 0 heterocycles. The van der Waals surface area contributed by atoms with Crippen LogP contribution in [0.3, 0.4) is 0 Å². The highest BCUT2D eigenvalue weighted by atomic mass is 127. The summed E-state index contributed by atoms with van der Waals surface area (Å²) in [6.45, 7) is 0. The van der Waals surface area contributed by atoms with Crippen molar-refractivity contribution in [1.82, 2.24) is 0 Å². The Morgan fingerprint density at radius 2 is 1.80 bits per heavy atom. The van der Waals surface area contributed by atoms with Crippen molar-refractivity contribution in [1.29, 1.82) is 0 Å². The molecule has 0 amide bonds. The van der Waals surface area contributed by atoms with Crippen LogP contribution in [0.25, 0.3) is 0 Å². The molecule has 0 fully saturated rings. The first-order chi connectivity index (χ1) is 6.88. The average molecular weight is 338 g/mol. The molecule has 0 spiro atoms. The molecule has 0 unspecified atom stereocenters. The van der Waals surface area contributed by atoms with Gasteiger partial charge in [0.05, 0.1) is 5.75 Å². The van der Waals surface area contributed by atoms with E-state index in [2.05, 4.69) is 22.6 Å². The van der Waals surface area contributed by atoms with E-state index >= 15 is 0 Å². The van der Waals surface area contributed by atoms with Crippen molar-refractivity contribution in [3.63, 3.8) is 0 Å². The minimum atomic E-state index is -3.06. The van der Waals surface area contributed by atoms with E-state index in [1.165, 1.54) is 0 Å². The predicted molar refractivity (Wildman–Crippen MR) is 67.8 cm³/mol. The second-order valence-electron chi connectivity index (χ2n) is 3.31. The molecule has 15 heavy (non-hydrogen) atoms. The Morgan fingerprint density at radius 1 is 1.27 bits per heavy atom. The lowest BCUT2D eigenvalue weighted by Gasteiger charge is -2.00. The van der Waals surface area contributed by atoms with Crippen molar-refractivity contribution in [2.75, 3.05) is 12.0 Å². The zero-order valence-corrected chi connectivity index (χ0v) is 11.2. The zero-order chi connectivity index (χ0) is 11.5. The predicted octanol–water partition coefficient (Wildman–Crippen LogP) is 1.91. The Morgan fingerprint density at radius 3 is 2.27 bits per heavy atom. The molecule has 0 saturated heterocycles. The molecule has 0 atom stereocenters. The van der Waals surface area contributed by atoms with E-state index < -0.39 is 9.84 Å². The maximum absolute atomic E-state index is 11.5. The Bertz CT molecular complexity index is 448. The van der Waals surface area contributed by atoms with Gasteiger partial charge in [0.15, 0.2) is 5.78 Å². The minimum Gasteiger partial charge on any atom is -0.294 e. The van der Waals surface area contributed by atoms with Gasteiger partial charge in [0.2, 0.25) is 0 Å². The number of Topliss-reactive ketones (excluding diaryl/α,β-unsaturated/α-hetero) is 1. The Balaban J connectivity index is 2.66. The van der Waals surface area contributed by atoms with E-state index in [4.69, 9.17) is 0 Å². The number of sulfone groups is 1. The monoisotopic (exact) mass is 338 g/mol. The maximum Gasteiger partial charge on any atom is 0.163 e. The molecule has 0 N–H and O–H groups in total. The van der Waals surface area contributed by atoms with Gasteiger partial charge < -0.3 is 0 Å². The SMILES string of the molecule is CS(=O)(=O)CCC(=O)c1ccc(I)cc1. The molecule has 0 aliphatic carbocycles. The number of ketones is 1. The van der Waals surface area contributed by atoms with Crippen molar-refractivity contribution in [3.8, 4) is 0 Å². The molecule has 1 rings (SSSR count). The molecule has 1 aromatic rings. The van der Waals surface area contributed by atoms with Crippen LogP contribution in [-0.2, 0) is 9.84 Å². The van der Waals surface area contributed by atoms with Crippen molar-refractivity contribution >= 4 is 38.2 Å². The van der Waals surface area contributed by atoms with Gasteiger partial charge in [-0.2, -0.15) is 0 Å². The molecule has 82 valence electrons. The largest absolute Gasteiger partial charge is 0.294 e. The summed E-state index contributed by atoms with van der Waals surface area (Å²) >= 11 is 2.15. The molecule has 0 aliphatic heterocycles. The van der Waals surface area contributed by atoms with Crippen molar-refractivity contribution in [2.45, 2.75) is 6.42 Å². The standard InChI is InChI=1S/C10H11IO3S/c1-15(13,14)7-6-10(12)8-2-4-9(11)5-3-8/h2-5H,6-7H2,1H3. The van der Waals surface area contributed by atoms with Crippen LogP contribution < -0.4 is 0 Å². The van der Waals surface area contributed by atoms with Crippen LogP contribution in [0.5, 0.6) is 0 Å². The number of hydrogen-bond donors (Lipinski definition) is 0. The van der Waals surface area contributed by atoms with Crippen molar-refractivity contribution in [3.05, 3.63) is 33.4 Å². The van der Waals surface area contributed by atoms with Crippen LogP contribution in [-0.4, -0.2) is 26.2 Å². The smallest absolute Gasteiger partial charge is 0.163 e. The van der Waals surface area contributed by atoms with Crippen LogP contribution in [0.4, 0.5) is 0 Å². The number of carbonyl (C=O) groups is 1. The lowest BCUT2D eigenvalue weighted by molar-refractivity contribution is 0.0989. The molecule has 0 aromatic heterocycles. The fourth-order valence-corrected chi connectivity index (χ4v) is 1.97. The highest BCUT2D eigenvalue weighted by molar-refractivity contribution is 14.1. The lowest BCUT2D eigenvalue weighted by Crippen LogP contribution is -2.09. The first-order valence-electron chi connectivity index (χ1n) is 4.35. The third-order valence-electron chi connectivity index (χ3n) is 1.87. The first kappa shape index (κ1) is 12.6. The highest BCUT2D eigenvalue weighted by Crippen LogP contribution is 2.09. The summed E-state index contributed by atoms with van der Waals surface area (Å²) in [7, 11) is -3.06. The van der Waals surface area contributed by atoms with Crippen LogP contribution in [0.15, 0.2) is 24.3 Å². The van der Waals surface area contributed by atoms with E-state index in [-0.39, 0.29) is 18.0 Å². The molecular formula is C10H11IO3S. The highest BCUT2D eigenvalue weighted by Gasteiger charge is 2.09. The van der Waals surface area contributed by atoms with Crippen LogP contribution >= 0.6 is 22.6 Å². The summed E-state index contributed by atoms with van der Waals surface area (Å²) in [5.74, 6) is -0.213. The van der Waals surface area contributed by atoms with E-state index in [9.17, 15) is 13.2 Å². The summed E-state index contributed by atoms with van der Waals surface area (Å²) in [5.41, 5.74) is 0.569. The molecule has 1 aromatic carbocycles. The second kappa shape index (κ2) is 5.07. The van der Waals surface area contributed by atoms with Gasteiger partial charge in [-0.3, -0.25) is 4.79 Å². The van der Waals surface area contributed by atoms with Crippen LogP contribution in [0.1, 0.15) is 16.8 Å². The quantitative estimate of drug-likeness (QED) is 0.623. The van der Waals surface area contributed by atoms with Crippen LogP contribution in [0.2, 0.25) is 0 Å². The zero-order valence-electron chi connectivity index (χ0n) is 8.23. The number of halogens is 1. The van der Waals surface area contributed by atoms with Gasteiger partial charge in [-0.15, -0.1) is 0 Å². The fourth-order valence-electron chi connectivity index (χ4n) is 1.06. The van der Waals surface area contributed by atoms with Gasteiger partial charge >= 0.3 is 0 Å². The molecule has 0 radical (unpaired) electrons. The van der Waals surface area contributed by atoms with Gasteiger partial charge in [-0.1, -0.05) is 12.1 Å². The summed E-state index contributed by atoms with van der Waals surface area (Å²) < 4.78 is 22.8. The normalized spacial score (nSPS) is 11.3. The third-order valence-corrected chi connectivity index (χ3v) is 3.53. The van der Waals surface area contributed by atoms with Gasteiger partial charge in [0.25, 0.3) is 0 Å². The maximum atomic E-state index is 11.5. The average Bonchev–Trinajstić information content (AvgIpc) is 2.14. The Hall–Kier alpha value is -0.430. The minimum absolute atomic E-state index is 0.0550. The first-order valence-corrected chi connectivity index (χ1v) is 7.49. The molecular weight excluding hydrogens is 327 g/mol. The second-order valence-corrected chi connectivity index (χ2v) is 6.82. The van der Waals surface area contributed by atoms with Crippen LogP contribution in [0, 0.1) is 3.57 Å². The summed E-state index contributed by atoms with van der Waals surface area (Å²) in [4.78, 5) is 11.5. The van der Waals surface area contributed by atoms with Gasteiger partial charge in [0.1, 0.15) is 9.84 Å². The number of rotatable bonds is 4. The van der Waals surface area contributed by atoms with E-state index in [0.29, 0.717) is 5.56 Å². The molecule has 5 heteroatoms. The topological polar surface area (TPSA) is 51.2 Å². The van der Waals surface area contributed by atoms with E-state index in [1.54, 1.807) is 12.1 Å². The van der Waals surface area contributed by atoms with Gasteiger partial charge in [0, 0.05) is 21.8 Å². The van der Waals surface area contributed by atoms with Crippen molar-refractivity contribution < 1.29 is 13.2 Å². The van der Waals surface area contributed by atoms with Crippen molar-refractivity contribution in [2.24, 2.45) is 0 Å². The Labute approximate surface area is 103 Å². The van der Waals surface area contributed by atoms with E-state index in [0.717, 1.165) is 9.83 Å². The molecule has 3 nitrogen and oxygen atoms in total. The lowest BCUT2D eigenvalue weighted by atomic mass is 10.1. The fraction of sp³-hybridized carbons (Fsp3) is 0.300. The molecule has 0 aliphatic rings. The van der Waals surface area contributed by atoms with E-state index in [1.807, 2.05) is 12.1 Å². The number of hydrogen-bond acceptors (Lipinski definition) is 3. The third kappa shape index (κ3) is 4.74. The van der Waals surface area contributed by atoms with Gasteiger partial charge in [-0.25, -0.2) is 8.42 Å².